The van der Waals surface area contributed by atoms with Gasteiger partial charge in [-0.05, 0) is 51.5 Å². The van der Waals surface area contributed by atoms with Crippen LogP contribution in [-0.4, -0.2) is 53.1 Å². The third-order valence-electron chi connectivity index (χ3n) is 5.91. The first-order chi connectivity index (χ1) is 17.4. The molecule has 0 aliphatic rings. The summed E-state index contributed by atoms with van der Waals surface area (Å²) >= 11 is 3.72. The largest absolute Gasteiger partial charge is 0.475 e. The number of furan rings is 1. The molecule has 6 rings (SSSR count). The highest BCUT2D eigenvalue weighted by atomic mass is 79.9. The molecule has 178 valence electrons. The first kappa shape index (κ1) is 21.9. The number of tetrazole rings is 1. The maximum Gasteiger partial charge on any atom is 0.372 e. The highest BCUT2D eigenvalue weighted by Crippen LogP contribution is 2.42. The number of rotatable bonds is 5. The molecule has 0 saturated heterocycles. The van der Waals surface area contributed by atoms with Crippen LogP contribution in [0.2, 0.25) is 0 Å². The Hall–Kier alpha value is -4.58. The molecular weight excluding hydrogens is 528 g/mol. The number of H-pyrrole nitrogens is 1. The molecule has 4 aromatic heterocycles. The van der Waals surface area contributed by atoms with Gasteiger partial charge in [0.05, 0.1) is 10.7 Å². The van der Waals surface area contributed by atoms with Crippen LogP contribution in [0.15, 0.2) is 63.6 Å². The Morgan fingerprint density at radius 1 is 1.17 bits per heavy atom. The number of carbonyl (C=O) groups is 1. The Labute approximate surface area is 211 Å². The van der Waals surface area contributed by atoms with Gasteiger partial charge in [-0.25, -0.2) is 19.9 Å². The average molecular weight is 545 g/mol. The Kier molecular flexibility index (Phi) is 5.04. The van der Waals surface area contributed by atoms with Crippen molar-refractivity contribution in [2.75, 3.05) is 11.9 Å². The van der Waals surface area contributed by atoms with Gasteiger partial charge in [0.15, 0.2) is 11.5 Å². The summed E-state index contributed by atoms with van der Waals surface area (Å²) in [6.45, 7) is 1.86. The normalized spacial score (nSPS) is 11.4. The second kappa shape index (κ2) is 8.27. The highest BCUT2D eigenvalue weighted by molar-refractivity contribution is 9.10. The van der Waals surface area contributed by atoms with Crippen LogP contribution in [0, 0.1) is 6.92 Å². The van der Waals surface area contributed by atoms with Crippen LogP contribution in [-0.2, 0) is 0 Å². The number of imidazole rings is 1. The van der Waals surface area contributed by atoms with Crippen LogP contribution >= 0.6 is 15.9 Å². The van der Waals surface area contributed by atoms with E-state index in [-0.39, 0.29) is 5.82 Å². The summed E-state index contributed by atoms with van der Waals surface area (Å²) in [5.74, 6) is 0.556. The molecular formula is C24H17BrN8O3. The van der Waals surface area contributed by atoms with Crippen LogP contribution < -0.4 is 4.90 Å². The minimum absolute atomic E-state index is 0.106. The number of anilines is 2. The van der Waals surface area contributed by atoms with Crippen molar-refractivity contribution < 1.29 is 14.3 Å². The summed E-state index contributed by atoms with van der Waals surface area (Å²) in [4.78, 5) is 22.1. The van der Waals surface area contributed by atoms with E-state index in [9.17, 15) is 9.90 Å². The van der Waals surface area contributed by atoms with Crippen LogP contribution in [0.1, 0.15) is 16.3 Å². The number of nitrogens with one attached hydrogen (secondary N) is 1. The minimum atomic E-state index is -1.13. The maximum absolute atomic E-state index is 11.8. The fraction of sp³-hybridized carbons (Fsp3) is 0.0833. The molecule has 0 atom stereocenters. The molecule has 2 aromatic carbocycles. The molecule has 0 saturated carbocycles. The molecule has 11 nitrogen and oxygen atoms in total. The second-order valence-corrected chi connectivity index (χ2v) is 8.91. The molecule has 0 aliphatic carbocycles. The number of fused-ring (bicyclic) bond motifs is 2. The Morgan fingerprint density at radius 3 is 2.72 bits per heavy atom. The topological polar surface area (TPSA) is 138 Å². The van der Waals surface area contributed by atoms with Crippen molar-refractivity contribution >= 4 is 50.0 Å². The fourth-order valence-corrected chi connectivity index (χ4v) is 4.84. The smallest absolute Gasteiger partial charge is 0.372 e. The maximum atomic E-state index is 11.8. The molecule has 0 bridgehead atoms. The standard InChI is InChI=1S/C24H17BrN8O3/c1-12-9-19(33-18(27-12)11-26-23(33)24(34)35)32(2)13-7-8-17-16(10-13)20(25)21(36-17)14-5-3-4-6-15(14)22-28-30-31-29-22/h3-11H,1-2H3,(H,34,35)(H,28,29,30,31). The molecule has 36 heavy (non-hydrogen) atoms. The molecule has 0 amide bonds. The van der Waals surface area contributed by atoms with Crippen LogP contribution in [0.5, 0.6) is 0 Å². The van der Waals surface area contributed by atoms with Crippen molar-refractivity contribution in [1.29, 1.82) is 0 Å². The molecule has 2 N–H and O–H groups in total. The van der Waals surface area contributed by atoms with Crippen LogP contribution in [0.4, 0.5) is 11.5 Å². The van der Waals surface area contributed by atoms with Crippen molar-refractivity contribution in [3.63, 3.8) is 0 Å². The number of hydrogen-bond acceptors (Lipinski definition) is 8. The number of nitrogens with zero attached hydrogens (tertiary/aromatic N) is 7. The van der Waals surface area contributed by atoms with Crippen LogP contribution in [0.25, 0.3) is 39.3 Å². The van der Waals surface area contributed by atoms with Gasteiger partial charge in [-0.15, -0.1) is 5.10 Å². The van der Waals surface area contributed by atoms with Gasteiger partial charge in [-0.2, -0.15) is 0 Å². The van der Waals surface area contributed by atoms with Crippen molar-refractivity contribution in [3.8, 4) is 22.7 Å². The first-order valence-electron chi connectivity index (χ1n) is 10.8. The Balaban J connectivity index is 1.48. The molecule has 0 unspecified atom stereocenters. The molecule has 12 heteroatoms. The lowest BCUT2D eigenvalue weighted by Gasteiger charge is -2.21. The zero-order valence-corrected chi connectivity index (χ0v) is 20.6. The number of benzene rings is 2. The highest BCUT2D eigenvalue weighted by Gasteiger charge is 2.22. The van der Waals surface area contributed by atoms with E-state index in [1.54, 1.807) is 0 Å². The molecule has 6 aromatic rings. The van der Waals surface area contributed by atoms with E-state index in [2.05, 4.69) is 46.5 Å². The van der Waals surface area contributed by atoms with E-state index in [0.717, 1.165) is 32.4 Å². The van der Waals surface area contributed by atoms with E-state index in [4.69, 9.17) is 4.42 Å². The lowest BCUT2D eigenvalue weighted by atomic mass is 10.0. The summed E-state index contributed by atoms with van der Waals surface area (Å²) in [6.07, 6.45) is 1.46. The number of carboxylic acids is 1. The van der Waals surface area contributed by atoms with Crippen LogP contribution in [0.3, 0.4) is 0 Å². The third-order valence-corrected chi connectivity index (χ3v) is 6.69. The summed E-state index contributed by atoms with van der Waals surface area (Å²) < 4.78 is 8.54. The quantitative estimate of drug-likeness (QED) is 0.311. The van der Waals surface area contributed by atoms with E-state index >= 15 is 0 Å². The van der Waals surface area contributed by atoms with Crippen molar-refractivity contribution in [2.45, 2.75) is 6.92 Å². The summed E-state index contributed by atoms with van der Waals surface area (Å²) in [5.41, 5.74) is 4.33. The monoisotopic (exact) mass is 544 g/mol. The summed E-state index contributed by atoms with van der Waals surface area (Å²) in [7, 11) is 1.86. The average Bonchev–Trinajstić information content (AvgIpc) is 3.62. The van der Waals surface area contributed by atoms with Gasteiger partial charge in [0.1, 0.15) is 17.2 Å². The Morgan fingerprint density at radius 2 is 1.97 bits per heavy atom. The fourth-order valence-electron chi connectivity index (χ4n) is 4.24. The number of hydrogen-bond donors (Lipinski definition) is 2. The zero-order chi connectivity index (χ0) is 25.0. The van der Waals surface area contributed by atoms with E-state index in [1.165, 1.54) is 10.6 Å². The van der Waals surface area contributed by atoms with E-state index in [1.807, 2.05) is 67.4 Å². The lowest BCUT2D eigenvalue weighted by Crippen LogP contribution is -2.17. The van der Waals surface area contributed by atoms with Gasteiger partial charge in [0.2, 0.25) is 5.82 Å². The van der Waals surface area contributed by atoms with E-state index < -0.39 is 5.97 Å². The number of aryl methyl sites for hydroxylation is 1. The second-order valence-electron chi connectivity index (χ2n) is 8.12. The zero-order valence-electron chi connectivity index (χ0n) is 19.0. The number of carboxylic acid groups (broad SMARTS) is 1. The van der Waals surface area contributed by atoms with Gasteiger partial charge in [-0.3, -0.25) is 4.40 Å². The lowest BCUT2D eigenvalue weighted by molar-refractivity contribution is 0.0683. The van der Waals surface area contributed by atoms with Gasteiger partial charge < -0.3 is 14.4 Å². The van der Waals surface area contributed by atoms with Gasteiger partial charge in [0, 0.05) is 41.0 Å². The van der Waals surface area contributed by atoms with Gasteiger partial charge in [-0.1, -0.05) is 24.3 Å². The SMILES string of the molecule is Cc1cc(N(C)c2ccc3oc(-c4ccccc4-c4nnn[nH]4)c(Br)c3c2)n2c(C(=O)O)ncc2n1. The third kappa shape index (κ3) is 3.41. The molecule has 0 fully saturated rings. The molecule has 0 radical (unpaired) electrons. The van der Waals surface area contributed by atoms with Crippen molar-refractivity contribution in [2.24, 2.45) is 0 Å². The number of halogens is 1. The van der Waals surface area contributed by atoms with Gasteiger partial charge >= 0.3 is 5.97 Å². The van der Waals surface area contributed by atoms with E-state index in [0.29, 0.717) is 28.6 Å². The molecule has 4 heterocycles. The first-order valence-corrected chi connectivity index (χ1v) is 11.6. The molecule has 0 spiro atoms. The Bertz CT molecular complexity index is 1770. The number of aromatic amines is 1. The van der Waals surface area contributed by atoms with Crippen molar-refractivity contribution in [1.82, 2.24) is 35.0 Å². The van der Waals surface area contributed by atoms with Gasteiger partial charge in [0.25, 0.3) is 0 Å². The summed E-state index contributed by atoms with van der Waals surface area (Å²) in [6, 6.07) is 15.3. The van der Waals surface area contributed by atoms with Crippen molar-refractivity contribution in [3.05, 3.63) is 70.7 Å². The number of aromatic carboxylic acids is 1. The molecule has 0 aliphatic heterocycles. The minimum Gasteiger partial charge on any atom is -0.475 e. The number of aromatic nitrogens is 7. The predicted octanol–water partition coefficient (Wildman–Crippen LogP) is 4.86. The summed E-state index contributed by atoms with van der Waals surface area (Å²) in [5, 5.41) is 24.7. The predicted molar refractivity (Wildman–Crippen MR) is 135 cm³/mol.